The largest absolute Gasteiger partial charge is 0.309 e. The van der Waals surface area contributed by atoms with Gasteiger partial charge in [-0.1, -0.05) is 146 Å². The van der Waals surface area contributed by atoms with E-state index in [2.05, 4.69) is 221 Å². The predicted molar refractivity (Wildman–Crippen MR) is 235 cm³/mol. The van der Waals surface area contributed by atoms with E-state index in [1.54, 1.807) is 0 Å². The van der Waals surface area contributed by atoms with Crippen LogP contribution < -0.4 is 0 Å². The average Bonchev–Trinajstić information content (AvgIpc) is 3.80. The predicted octanol–water partition coefficient (Wildman–Crippen LogP) is 13.9. The van der Waals surface area contributed by atoms with Crippen molar-refractivity contribution in [1.29, 1.82) is 0 Å². The molecular formula is C53H35N3. The first kappa shape index (κ1) is 32.0. The molecule has 0 spiro atoms. The highest BCUT2D eigenvalue weighted by Gasteiger charge is 2.16. The molecule has 0 aliphatic rings. The maximum atomic E-state index is 5.46. The van der Waals surface area contributed by atoms with Gasteiger partial charge in [-0.3, -0.25) is 0 Å². The van der Waals surface area contributed by atoms with Crippen LogP contribution in [0.4, 0.5) is 0 Å². The quantitative estimate of drug-likeness (QED) is 0.168. The van der Waals surface area contributed by atoms with Crippen molar-refractivity contribution in [3.63, 3.8) is 0 Å². The van der Waals surface area contributed by atoms with Crippen molar-refractivity contribution in [2.45, 2.75) is 0 Å². The maximum absolute atomic E-state index is 5.46. The molecule has 0 atom stereocenters. The average molecular weight is 714 g/mol. The van der Waals surface area contributed by atoms with Gasteiger partial charge in [0.25, 0.3) is 0 Å². The molecule has 11 rings (SSSR count). The first-order chi connectivity index (χ1) is 27.8. The Morgan fingerprint density at radius 2 is 0.607 bits per heavy atom. The van der Waals surface area contributed by atoms with Gasteiger partial charge in [-0.2, -0.15) is 0 Å². The Morgan fingerprint density at radius 1 is 0.250 bits per heavy atom. The fourth-order valence-corrected chi connectivity index (χ4v) is 8.51. The van der Waals surface area contributed by atoms with E-state index in [0.717, 1.165) is 45.0 Å². The second kappa shape index (κ2) is 13.1. The van der Waals surface area contributed by atoms with Gasteiger partial charge in [0.15, 0.2) is 0 Å². The minimum atomic E-state index is 0.924. The summed E-state index contributed by atoms with van der Waals surface area (Å²) in [7, 11) is 0. The number of hydrogen-bond donors (Lipinski definition) is 0. The second-order valence-electron chi connectivity index (χ2n) is 14.4. The highest BCUT2D eigenvalue weighted by atomic mass is 15.0. The molecule has 0 aliphatic heterocycles. The molecule has 3 aromatic heterocycles. The van der Waals surface area contributed by atoms with Crippen LogP contribution in [0.3, 0.4) is 0 Å². The van der Waals surface area contributed by atoms with Crippen LogP contribution in [0.15, 0.2) is 212 Å². The van der Waals surface area contributed by atoms with Gasteiger partial charge in [-0.05, 0) is 89.0 Å². The van der Waals surface area contributed by atoms with Crippen molar-refractivity contribution in [2.24, 2.45) is 0 Å². The lowest BCUT2D eigenvalue weighted by Crippen LogP contribution is -1.97. The SMILES string of the molecule is c1ccc(-c2cccc(-c3cc(-c4cccc(-n5c6ccccc6c6ccccc65)c4)nc(-c4cccc(-n5c6ccccc6c6ccccc65)c4)c3)c2)cc1. The lowest BCUT2D eigenvalue weighted by molar-refractivity contribution is 1.17. The van der Waals surface area contributed by atoms with Gasteiger partial charge in [0.1, 0.15) is 0 Å². The third kappa shape index (κ3) is 5.32. The molecule has 0 N–H and O–H groups in total. The van der Waals surface area contributed by atoms with Crippen molar-refractivity contribution in [1.82, 2.24) is 14.1 Å². The van der Waals surface area contributed by atoms with Gasteiger partial charge in [0.05, 0.1) is 33.5 Å². The van der Waals surface area contributed by atoms with E-state index in [1.807, 2.05) is 0 Å². The number of para-hydroxylation sites is 4. The van der Waals surface area contributed by atoms with E-state index in [9.17, 15) is 0 Å². The van der Waals surface area contributed by atoms with E-state index >= 15 is 0 Å². The monoisotopic (exact) mass is 713 g/mol. The second-order valence-corrected chi connectivity index (χ2v) is 14.4. The minimum absolute atomic E-state index is 0.924. The van der Waals surface area contributed by atoms with Crippen LogP contribution in [0.1, 0.15) is 0 Å². The Hall–Kier alpha value is -7.49. The summed E-state index contributed by atoms with van der Waals surface area (Å²) < 4.78 is 4.74. The Morgan fingerprint density at radius 3 is 1.07 bits per heavy atom. The molecule has 0 fully saturated rings. The molecular weight excluding hydrogens is 679 g/mol. The van der Waals surface area contributed by atoms with E-state index in [-0.39, 0.29) is 0 Å². The first-order valence-electron chi connectivity index (χ1n) is 19.1. The summed E-state index contributed by atoms with van der Waals surface area (Å²) in [5.74, 6) is 0. The number of fused-ring (bicyclic) bond motifs is 6. The number of benzene rings is 8. The van der Waals surface area contributed by atoms with Crippen LogP contribution in [0, 0.1) is 0 Å². The third-order valence-electron chi connectivity index (χ3n) is 11.1. The van der Waals surface area contributed by atoms with Gasteiger partial charge in [-0.25, -0.2) is 4.98 Å². The zero-order valence-electron chi connectivity index (χ0n) is 30.5. The summed E-state index contributed by atoms with van der Waals surface area (Å²) in [6, 6.07) is 76.2. The van der Waals surface area contributed by atoms with Gasteiger partial charge in [0, 0.05) is 44.0 Å². The topological polar surface area (TPSA) is 22.8 Å². The van der Waals surface area contributed by atoms with Crippen molar-refractivity contribution < 1.29 is 0 Å². The summed E-state index contributed by atoms with van der Waals surface area (Å²) in [4.78, 5) is 5.46. The summed E-state index contributed by atoms with van der Waals surface area (Å²) in [6.07, 6.45) is 0. The normalized spacial score (nSPS) is 11.6. The molecule has 0 bridgehead atoms. The lowest BCUT2D eigenvalue weighted by Gasteiger charge is -2.14. The van der Waals surface area contributed by atoms with Crippen LogP contribution in [0.2, 0.25) is 0 Å². The van der Waals surface area contributed by atoms with E-state index in [1.165, 1.54) is 54.7 Å². The molecule has 0 amide bonds. The van der Waals surface area contributed by atoms with E-state index in [0.29, 0.717) is 0 Å². The highest BCUT2D eigenvalue weighted by Crippen LogP contribution is 2.37. The molecule has 0 radical (unpaired) electrons. The smallest absolute Gasteiger partial charge is 0.0716 e. The molecule has 0 saturated heterocycles. The molecule has 3 heteroatoms. The van der Waals surface area contributed by atoms with Gasteiger partial charge >= 0.3 is 0 Å². The van der Waals surface area contributed by atoms with Crippen molar-refractivity contribution in [3.8, 4) is 56.1 Å². The number of aromatic nitrogens is 3. The van der Waals surface area contributed by atoms with Crippen LogP contribution in [0.5, 0.6) is 0 Å². The Kier molecular flexibility index (Phi) is 7.49. The van der Waals surface area contributed by atoms with Crippen molar-refractivity contribution in [3.05, 3.63) is 212 Å². The molecule has 11 aromatic rings. The fourth-order valence-electron chi connectivity index (χ4n) is 8.51. The number of nitrogens with zero attached hydrogens (tertiary/aromatic N) is 3. The molecule has 0 unspecified atom stereocenters. The first-order valence-corrected chi connectivity index (χ1v) is 19.1. The highest BCUT2D eigenvalue weighted by molar-refractivity contribution is 6.10. The third-order valence-corrected chi connectivity index (χ3v) is 11.1. The van der Waals surface area contributed by atoms with Gasteiger partial charge in [0.2, 0.25) is 0 Å². The van der Waals surface area contributed by atoms with Crippen molar-refractivity contribution in [2.75, 3.05) is 0 Å². The van der Waals surface area contributed by atoms with Gasteiger partial charge in [-0.15, -0.1) is 0 Å². The standard InChI is InChI=1S/C53H35N3/c1-2-15-36(16-3-1)37-17-12-18-38(31-37)41-34-48(39-19-13-21-42(32-39)55-50-27-8-4-23-44(50)45-24-5-9-28-51(45)55)54-49(35-41)40-20-14-22-43(33-40)56-52-29-10-6-25-46(52)47-26-7-11-30-53(47)56/h1-35H. The summed E-state index contributed by atoms with van der Waals surface area (Å²) in [5.41, 5.74) is 15.6. The van der Waals surface area contributed by atoms with Crippen molar-refractivity contribution >= 4 is 43.6 Å². The molecule has 0 saturated carbocycles. The maximum Gasteiger partial charge on any atom is 0.0716 e. The Bertz CT molecular complexity index is 2970. The Balaban J connectivity index is 1.10. The van der Waals surface area contributed by atoms with Gasteiger partial charge < -0.3 is 9.13 Å². The zero-order chi connectivity index (χ0) is 37.0. The molecule has 3 nitrogen and oxygen atoms in total. The zero-order valence-corrected chi connectivity index (χ0v) is 30.5. The van der Waals surface area contributed by atoms with Crippen LogP contribution in [-0.2, 0) is 0 Å². The van der Waals surface area contributed by atoms with Crippen LogP contribution in [0.25, 0.3) is 99.8 Å². The van der Waals surface area contributed by atoms with E-state index < -0.39 is 0 Å². The molecule has 56 heavy (non-hydrogen) atoms. The molecule has 3 heterocycles. The molecule has 0 aliphatic carbocycles. The Labute approximate surface area is 325 Å². The fraction of sp³-hybridized carbons (Fsp3) is 0. The van der Waals surface area contributed by atoms with E-state index in [4.69, 9.17) is 4.98 Å². The van der Waals surface area contributed by atoms with Crippen LogP contribution in [-0.4, -0.2) is 14.1 Å². The number of hydrogen-bond acceptors (Lipinski definition) is 1. The summed E-state index contributed by atoms with van der Waals surface area (Å²) in [5, 5.41) is 4.99. The molecule has 262 valence electrons. The summed E-state index contributed by atoms with van der Waals surface area (Å²) in [6.45, 7) is 0. The molecule has 8 aromatic carbocycles. The number of pyridine rings is 1. The number of rotatable bonds is 6. The summed E-state index contributed by atoms with van der Waals surface area (Å²) >= 11 is 0. The minimum Gasteiger partial charge on any atom is -0.309 e. The van der Waals surface area contributed by atoms with Crippen LogP contribution >= 0.6 is 0 Å². The lowest BCUT2D eigenvalue weighted by atomic mass is 9.96.